The van der Waals surface area contributed by atoms with E-state index >= 15 is 0 Å². The number of rotatable bonds is 6. The molecular formula is C21H23NO3. The number of aliphatic carboxylic acids is 1. The lowest BCUT2D eigenvalue weighted by atomic mass is 9.93. The molecule has 1 aliphatic carbocycles. The van der Waals surface area contributed by atoms with Crippen molar-refractivity contribution in [2.45, 2.75) is 38.6 Å². The Labute approximate surface area is 147 Å². The summed E-state index contributed by atoms with van der Waals surface area (Å²) in [7, 11) is 0. The zero-order valence-corrected chi connectivity index (χ0v) is 14.5. The van der Waals surface area contributed by atoms with Crippen LogP contribution in [0.25, 0.3) is 11.1 Å². The van der Waals surface area contributed by atoms with Gasteiger partial charge < -0.3 is 10.4 Å². The topological polar surface area (TPSA) is 66.4 Å². The molecule has 4 nitrogen and oxygen atoms in total. The van der Waals surface area contributed by atoms with Crippen LogP contribution in [0, 0.1) is 5.92 Å². The first-order valence-corrected chi connectivity index (χ1v) is 8.67. The molecule has 130 valence electrons. The van der Waals surface area contributed by atoms with Crippen molar-refractivity contribution in [3.8, 4) is 11.1 Å². The third-order valence-corrected chi connectivity index (χ3v) is 4.69. The van der Waals surface area contributed by atoms with Crippen molar-refractivity contribution in [2.24, 2.45) is 5.92 Å². The summed E-state index contributed by atoms with van der Waals surface area (Å²) in [4.78, 5) is 23.9. The van der Waals surface area contributed by atoms with E-state index in [1.807, 2.05) is 38.1 Å². The molecule has 2 N–H and O–H groups in total. The van der Waals surface area contributed by atoms with Crippen molar-refractivity contribution in [1.29, 1.82) is 0 Å². The van der Waals surface area contributed by atoms with Gasteiger partial charge in [-0.15, -0.1) is 0 Å². The van der Waals surface area contributed by atoms with Gasteiger partial charge in [0.15, 0.2) is 0 Å². The summed E-state index contributed by atoms with van der Waals surface area (Å²) in [6.45, 7) is 3.90. The second-order valence-corrected chi connectivity index (χ2v) is 7.02. The minimum atomic E-state index is -0.978. The highest BCUT2D eigenvalue weighted by Crippen LogP contribution is 2.45. The van der Waals surface area contributed by atoms with Crippen LogP contribution >= 0.6 is 0 Å². The molecule has 0 aliphatic heterocycles. The van der Waals surface area contributed by atoms with Crippen LogP contribution in [-0.4, -0.2) is 23.0 Å². The lowest BCUT2D eigenvalue weighted by molar-refractivity contribution is -0.142. The van der Waals surface area contributed by atoms with Crippen LogP contribution in [0.2, 0.25) is 0 Å². The summed E-state index contributed by atoms with van der Waals surface area (Å²) in [6, 6.07) is 15.4. The number of carboxylic acid groups (broad SMARTS) is 1. The summed E-state index contributed by atoms with van der Waals surface area (Å²) >= 11 is 0. The highest BCUT2D eigenvalue weighted by molar-refractivity contribution is 5.87. The number of nitrogens with one attached hydrogen (secondary N) is 1. The van der Waals surface area contributed by atoms with Crippen LogP contribution in [0.15, 0.2) is 48.5 Å². The lowest BCUT2D eigenvalue weighted by Crippen LogP contribution is -2.42. The molecular weight excluding hydrogens is 314 g/mol. The minimum absolute atomic E-state index is 0.0269. The molecule has 25 heavy (non-hydrogen) atoms. The first-order valence-electron chi connectivity index (χ1n) is 8.67. The highest BCUT2D eigenvalue weighted by atomic mass is 16.4. The highest BCUT2D eigenvalue weighted by Gasteiger charge is 2.31. The van der Waals surface area contributed by atoms with E-state index in [1.54, 1.807) is 0 Å². The summed E-state index contributed by atoms with van der Waals surface area (Å²) in [5, 5.41) is 12.0. The van der Waals surface area contributed by atoms with Crippen LogP contribution < -0.4 is 5.32 Å². The molecule has 0 bridgehead atoms. The summed E-state index contributed by atoms with van der Waals surface area (Å²) in [5.41, 5.74) is 4.59. The van der Waals surface area contributed by atoms with Crippen molar-refractivity contribution >= 4 is 11.9 Å². The Hall–Kier alpha value is -2.62. The number of carboxylic acids is 1. The average molecular weight is 337 g/mol. The Morgan fingerprint density at radius 3 is 2.00 bits per heavy atom. The minimum Gasteiger partial charge on any atom is -0.480 e. The predicted octanol–water partition coefficient (Wildman–Crippen LogP) is 3.80. The molecule has 0 fully saturated rings. The van der Waals surface area contributed by atoms with E-state index in [4.69, 9.17) is 0 Å². The van der Waals surface area contributed by atoms with Gasteiger partial charge in [-0.3, -0.25) is 4.79 Å². The number of carbonyl (C=O) groups excluding carboxylic acids is 1. The molecule has 0 saturated carbocycles. The molecule has 0 heterocycles. The number of amides is 1. The zero-order valence-electron chi connectivity index (χ0n) is 14.5. The monoisotopic (exact) mass is 337 g/mol. The van der Waals surface area contributed by atoms with Crippen molar-refractivity contribution in [3.05, 3.63) is 59.7 Å². The third-order valence-electron chi connectivity index (χ3n) is 4.69. The molecule has 4 heteroatoms. The van der Waals surface area contributed by atoms with Crippen molar-refractivity contribution < 1.29 is 14.7 Å². The Kier molecular flexibility index (Phi) is 4.88. The number of hydrogen-bond acceptors (Lipinski definition) is 2. The quantitative estimate of drug-likeness (QED) is 0.842. The molecule has 0 unspecified atom stereocenters. The Balaban J connectivity index is 1.81. The Bertz CT molecular complexity index is 752. The van der Waals surface area contributed by atoms with Crippen molar-refractivity contribution in [3.63, 3.8) is 0 Å². The fourth-order valence-electron chi connectivity index (χ4n) is 3.61. The van der Waals surface area contributed by atoms with Crippen LogP contribution in [0.3, 0.4) is 0 Å². The van der Waals surface area contributed by atoms with Gasteiger partial charge in [-0.05, 0) is 34.6 Å². The summed E-state index contributed by atoms with van der Waals surface area (Å²) in [6.07, 6.45) is 0.689. The largest absolute Gasteiger partial charge is 0.480 e. The van der Waals surface area contributed by atoms with E-state index in [0.29, 0.717) is 6.42 Å². The molecule has 1 amide bonds. The normalized spacial score (nSPS) is 14.0. The van der Waals surface area contributed by atoms with Gasteiger partial charge in [-0.2, -0.15) is 0 Å². The second-order valence-electron chi connectivity index (χ2n) is 7.02. The maximum absolute atomic E-state index is 12.5. The van der Waals surface area contributed by atoms with E-state index < -0.39 is 12.0 Å². The second kappa shape index (κ2) is 7.09. The van der Waals surface area contributed by atoms with Crippen LogP contribution in [0.1, 0.15) is 43.7 Å². The van der Waals surface area contributed by atoms with E-state index in [0.717, 1.165) is 22.3 Å². The molecule has 2 aromatic rings. The number of fused-ring (bicyclic) bond motifs is 3. The molecule has 0 aromatic heterocycles. The SMILES string of the molecule is CC(C)C[C@H](NC(=O)CC1c2ccccc2-c2ccccc21)C(=O)O. The fourth-order valence-corrected chi connectivity index (χ4v) is 3.61. The molecule has 3 rings (SSSR count). The average Bonchev–Trinajstić information content (AvgIpc) is 2.88. The third kappa shape index (κ3) is 3.58. The van der Waals surface area contributed by atoms with Crippen LogP contribution in [-0.2, 0) is 9.59 Å². The number of benzene rings is 2. The van der Waals surface area contributed by atoms with Crippen molar-refractivity contribution in [2.75, 3.05) is 0 Å². The zero-order chi connectivity index (χ0) is 18.0. The molecule has 1 aliphatic rings. The first kappa shape index (κ1) is 17.2. The van der Waals surface area contributed by atoms with Gasteiger partial charge in [0.05, 0.1) is 0 Å². The van der Waals surface area contributed by atoms with E-state index in [1.165, 1.54) is 0 Å². The standard InChI is InChI=1S/C21H23NO3/c1-13(2)11-19(21(24)25)22-20(23)12-18-16-9-5-3-7-14(16)15-8-4-6-10-17(15)18/h3-10,13,18-19H,11-12H2,1-2H3,(H,22,23)(H,24,25)/t19-/m0/s1. The van der Waals surface area contributed by atoms with Crippen LogP contribution in [0.4, 0.5) is 0 Å². The summed E-state index contributed by atoms with van der Waals surface area (Å²) < 4.78 is 0. The summed E-state index contributed by atoms with van der Waals surface area (Å²) in [5.74, 6) is -1.02. The van der Waals surface area contributed by atoms with Gasteiger partial charge in [-0.1, -0.05) is 62.4 Å². The van der Waals surface area contributed by atoms with E-state index in [9.17, 15) is 14.7 Å². The van der Waals surface area contributed by atoms with Gasteiger partial charge >= 0.3 is 5.97 Å². The molecule has 0 saturated heterocycles. The van der Waals surface area contributed by atoms with E-state index in [-0.39, 0.29) is 24.2 Å². The Morgan fingerprint density at radius 1 is 1.00 bits per heavy atom. The number of carbonyl (C=O) groups is 2. The predicted molar refractivity (Wildman–Crippen MR) is 97.4 cm³/mol. The molecule has 0 radical (unpaired) electrons. The van der Waals surface area contributed by atoms with Crippen molar-refractivity contribution in [1.82, 2.24) is 5.32 Å². The van der Waals surface area contributed by atoms with E-state index in [2.05, 4.69) is 29.6 Å². The molecule has 0 spiro atoms. The van der Waals surface area contributed by atoms with Gasteiger partial charge in [0, 0.05) is 12.3 Å². The van der Waals surface area contributed by atoms with Gasteiger partial charge in [-0.25, -0.2) is 4.79 Å². The Morgan fingerprint density at radius 2 is 1.52 bits per heavy atom. The van der Waals surface area contributed by atoms with Gasteiger partial charge in [0.1, 0.15) is 6.04 Å². The first-order chi connectivity index (χ1) is 12.0. The van der Waals surface area contributed by atoms with Gasteiger partial charge in [0.25, 0.3) is 0 Å². The molecule has 2 aromatic carbocycles. The maximum Gasteiger partial charge on any atom is 0.326 e. The maximum atomic E-state index is 12.5. The number of hydrogen-bond donors (Lipinski definition) is 2. The molecule has 1 atom stereocenters. The lowest BCUT2D eigenvalue weighted by Gasteiger charge is -2.19. The van der Waals surface area contributed by atoms with Gasteiger partial charge in [0.2, 0.25) is 5.91 Å². The van der Waals surface area contributed by atoms with Crippen LogP contribution in [0.5, 0.6) is 0 Å². The smallest absolute Gasteiger partial charge is 0.326 e. The fraction of sp³-hybridized carbons (Fsp3) is 0.333.